The van der Waals surface area contributed by atoms with Gasteiger partial charge >= 0.3 is 5.97 Å². The average Bonchev–Trinajstić information content (AvgIpc) is 2.20. The summed E-state index contributed by atoms with van der Waals surface area (Å²) in [5.74, 6) is -0.597. The molecule has 1 fully saturated rings. The first-order valence-corrected chi connectivity index (χ1v) is 5.71. The van der Waals surface area contributed by atoms with Crippen molar-refractivity contribution >= 4 is 11.9 Å². The highest BCUT2D eigenvalue weighted by Gasteiger charge is 2.24. The number of hydrogen-bond donors (Lipinski definition) is 2. The summed E-state index contributed by atoms with van der Waals surface area (Å²) in [6, 6.07) is 0.409. The molecule has 2 unspecified atom stereocenters. The standard InChI is InChI=1S/C11H20N2O3/c1-8-3-4-9(2)13(6-8)7-10(14)12-5-11(15)16/h8-9H,3-7H2,1-2H3,(H,12,14)(H,15,16). The lowest BCUT2D eigenvalue weighted by Crippen LogP contribution is -2.47. The van der Waals surface area contributed by atoms with Crippen molar-refractivity contribution in [3.8, 4) is 0 Å². The lowest BCUT2D eigenvalue weighted by atomic mass is 9.95. The summed E-state index contributed by atoms with van der Waals surface area (Å²) in [5, 5.41) is 10.8. The van der Waals surface area contributed by atoms with Gasteiger partial charge in [-0.3, -0.25) is 14.5 Å². The number of nitrogens with zero attached hydrogens (tertiary/aromatic N) is 1. The Morgan fingerprint density at radius 1 is 1.38 bits per heavy atom. The van der Waals surface area contributed by atoms with Gasteiger partial charge in [0.2, 0.25) is 5.91 Å². The Kier molecular flexibility index (Phi) is 4.73. The number of piperidine rings is 1. The minimum Gasteiger partial charge on any atom is -0.480 e. The van der Waals surface area contributed by atoms with Crippen LogP contribution < -0.4 is 5.32 Å². The van der Waals surface area contributed by atoms with Gasteiger partial charge in [0.25, 0.3) is 0 Å². The van der Waals surface area contributed by atoms with Crippen LogP contribution in [-0.2, 0) is 9.59 Å². The Morgan fingerprint density at radius 3 is 2.69 bits per heavy atom. The molecule has 92 valence electrons. The van der Waals surface area contributed by atoms with Gasteiger partial charge in [-0.2, -0.15) is 0 Å². The maximum Gasteiger partial charge on any atom is 0.322 e. The molecule has 0 saturated carbocycles. The normalized spacial score (nSPS) is 26.4. The largest absolute Gasteiger partial charge is 0.480 e. The van der Waals surface area contributed by atoms with Crippen LogP contribution in [0.1, 0.15) is 26.7 Å². The molecule has 5 nitrogen and oxygen atoms in total. The Labute approximate surface area is 95.8 Å². The number of carbonyl (C=O) groups is 2. The maximum absolute atomic E-state index is 11.5. The van der Waals surface area contributed by atoms with Crippen LogP contribution in [0.2, 0.25) is 0 Å². The highest BCUT2D eigenvalue weighted by Crippen LogP contribution is 2.20. The van der Waals surface area contributed by atoms with E-state index >= 15 is 0 Å². The van der Waals surface area contributed by atoms with Crippen LogP contribution in [0.5, 0.6) is 0 Å². The van der Waals surface area contributed by atoms with E-state index in [2.05, 4.69) is 24.1 Å². The zero-order chi connectivity index (χ0) is 12.1. The van der Waals surface area contributed by atoms with Gasteiger partial charge in [0.1, 0.15) is 6.54 Å². The van der Waals surface area contributed by atoms with Gasteiger partial charge in [-0.05, 0) is 25.7 Å². The molecule has 0 aliphatic carbocycles. The zero-order valence-electron chi connectivity index (χ0n) is 9.90. The second-order valence-corrected chi connectivity index (χ2v) is 4.63. The van der Waals surface area contributed by atoms with Crippen molar-refractivity contribution in [1.82, 2.24) is 10.2 Å². The van der Waals surface area contributed by atoms with Gasteiger partial charge < -0.3 is 10.4 Å². The van der Waals surface area contributed by atoms with Crippen LogP contribution in [0.25, 0.3) is 0 Å². The number of rotatable bonds is 4. The predicted octanol–water partition coefficient (Wildman–Crippen LogP) is 0.308. The van der Waals surface area contributed by atoms with E-state index in [1.54, 1.807) is 0 Å². The highest BCUT2D eigenvalue weighted by atomic mass is 16.4. The monoisotopic (exact) mass is 228 g/mol. The van der Waals surface area contributed by atoms with Gasteiger partial charge in [0, 0.05) is 12.6 Å². The summed E-state index contributed by atoms with van der Waals surface area (Å²) >= 11 is 0. The number of aliphatic carboxylic acids is 1. The number of amides is 1. The Bertz CT molecular complexity index is 268. The minimum absolute atomic E-state index is 0.205. The van der Waals surface area contributed by atoms with E-state index in [9.17, 15) is 9.59 Å². The van der Waals surface area contributed by atoms with E-state index < -0.39 is 5.97 Å². The summed E-state index contributed by atoms with van der Waals surface area (Å²) in [5.41, 5.74) is 0. The third-order valence-corrected chi connectivity index (χ3v) is 3.03. The summed E-state index contributed by atoms with van der Waals surface area (Å²) in [6.45, 7) is 5.21. The first-order chi connectivity index (χ1) is 7.49. The van der Waals surface area contributed by atoms with E-state index in [1.807, 2.05) is 0 Å². The minimum atomic E-state index is -1.01. The fourth-order valence-corrected chi connectivity index (χ4v) is 2.01. The quantitative estimate of drug-likeness (QED) is 0.726. The first-order valence-electron chi connectivity index (χ1n) is 5.71. The molecule has 0 radical (unpaired) electrons. The fourth-order valence-electron chi connectivity index (χ4n) is 2.01. The van der Waals surface area contributed by atoms with Crippen LogP contribution in [0.15, 0.2) is 0 Å². The van der Waals surface area contributed by atoms with Crippen molar-refractivity contribution in [1.29, 1.82) is 0 Å². The van der Waals surface area contributed by atoms with Crippen molar-refractivity contribution in [3.63, 3.8) is 0 Å². The van der Waals surface area contributed by atoms with Crippen LogP contribution >= 0.6 is 0 Å². The van der Waals surface area contributed by atoms with E-state index in [0.29, 0.717) is 18.5 Å². The molecule has 1 heterocycles. The molecule has 0 aromatic carbocycles. The van der Waals surface area contributed by atoms with E-state index in [4.69, 9.17) is 5.11 Å². The van der Waals surface area contributed by atoms with Crippen LogP contribution in [0, 0.1) is 5.92 Å². The molecule has 1 amide bonds. The third-order valence-electron chi connectivity index (χ3n) is 3.03. The van der Waals surface area contributed by atoms with Gasteiger partial charge in [-0.1, -0.05) is 6.92 Å². The predicted molar refractivity (Wildman–Crippen MR) is 60.1 cm³/mol. The Morgan fingerprint density at radius 2 is 2.06 bits per heavy atom. The molecule has 0 spiro atoms. The van der Waals surface area contributed by atoms with E-state index in [1.165, 1.54) is 6.42 Å². The maximum atomic E-state index is 11.5. The summed E-state index contributed by atoms with van der Waals surface area (Å²) in [6.07, 6.45) is 2.31. The average molecular weight is 228 g/mol. The number of nitrogens with one attached hydrogen (secondary N) is 1. The summed E-state index contributed by atoms with van der Waals surface area (Å²) in [4.78, 5) is 23.9. The molecular formula is C11H20N2O3. The van der Waals surface area contributed by atoms with Crippen LogP contribution in [-0.4, -0.2) is 47.6 Å². The lowest BCUT2D eigenvalue weighted by molar-refractivity contribution is -0.138. The van der Waals surface area contributed by atoms with Gasteiger partial charge in [-0.25, -0.2) is 0 Å². The second-order valence-electron chi connectivity index (χ2n) is 4.63. The Balaban J connectivity index is 2.34. The number of carboxylic acids is 1. The molecule has 1 rings (SSSR count). The smallest absolute Gasteiger partial charge is 0.322 e. The molecule has 5 heteroatoms. The molecule has 16 heavy (non-hydrogen) atoms. The molecule has 0 aromatic rings. The highest BCUT2D eigenvalue weighted by molar-refractivity contribution is 5.82. The summed E-state index contributed by atoms with van der Waals surface area (Å²) < 4.78 is 0. The number of likely N-dealkylation sites (tertiary alicyclic amines) is 1. The first kappa shape index (κ1) is 13.0. The summed E-state index contributed by atoms with van der Waals surface area (Å²) in [7, 11) is 0. The lowest BCUT2D eigenvalue weighted by Gasteiger charge is -2.36. The molecule has 1 aliphatic heterocycles. The molecule has 0 bridgehead atoms. The molecule has 2 atom stereocenters. The van der Waals surface area contributed by atoms with E-state index in [-0.39, 0.29) is 12.5 Å². The topological polar surface area (TPSA) is 69.6 Å². The zero-order valence-corrected chi connectivity index (χ0v) is 9.90. The van der Waals surface area contributed by atoms with Crippen molar-refractivity contribution in [2.24, 2.45) is 5.92 Å². The number of hydrogen-bond acceptors (Lipinski definition) is 3. The number of carboxylic acid groups (broad SMARTS) is 1. The molecule has 1 saturated heterocycles. The second kappa shape index (κ2) is 5.84. The van der Waals surface area contributed by atoms with Gasteiger partial charge in [0.15, 0.2) is 0 Å². The van der Waals surface area contributed by atoms with Crippen molar-refractivity contribution in [3.05, 3.63) is 0 Å². The van der Waals surface area contributed by atoms with Crippen molar-refractivity contribution < 1.29 is 14.7 Å². The molecule has 2 N–H and O–H groups in total. The molecule has 1 aliphatic rings. The Hall–Kier alpha value is -1.10. The molecular weight excluding hydrogens is 208 g/mol. The van der Waals surface area contributed by atoms with Gasteiger partial charge in [-0.15, -0.1) is 0 Å². The SMILES string of the molecule is CC1CCC(C)N(CC(=O)NCC(=O)O)C1. The van der Waals surface area contributed by atoms with Crippen LogP contribution in [0.4, 0.5) is 0 Å². The third kappa shape index (κ3) is 4.18. The van der Waals surface area contributed by atoms with Crippen LogP contribution in [0.3, 0.4) is 0 Å². The van der Waals surface area contributed by atoms with E-state index in [0.717, 1.165) is 13.0 Å². The molecule has 0 aromatic heterocycles. The van der Waals surface area contributed by atoms with Gasteiger partial charge in [0.05, 0.1) is 6.54 Å². The van der Waals surface area contributed by atoms with Crippen molar-refractivity contribution in [2.45, 2.75) is 32.7 Å². The number of carbonyl (C=O) groups excluding carboxylic acids is 1. The fraction of sp³-hybridized carbons (Fsp3) is 0.818. The van der Waals surface area contributed by atoms with Crippen molar-refractivity contribution in [2.75, 3.05) is 19.6 Å².